The summed E-state index contributed by atoms with van der Waals surface area (Å²) in [5.41, 5.74) is 1.87. The highest BCUT2D eigenvalue weighted by Gasteiger charge is 2.23. The normalized spacial score (nSPS) is 12.8. The fourth-order valence-electron chi connectivity index (χ4n) is 4.19. The van der Waals surface area contributed by atoms with Gasteiger partial charge in [0.15, 0.2) is 0 Å². The molecule has 12 heteroatoms. The van der Waals surface area contributed by atoms with E-state index in [0.717, 1.165) is 18.5 Å². The highest BCUT2D eigenvalue weighted by Crippen LogP contribution is 2.36. The number of hydrogen-bond donors (Lipinski definition) is 2. The first-order valence-corrected chi connectivity index (χ1v) is 14.7. The van der Waals surface area contributed by atoms with Crippen molar-refractivity contribution in [3.8, 4) is 5.75 Å². The molecule has 1 amide bonds. The zero-order valence-electron chi connectivity index (χ0n) is 24.3. The molecule has 1 fully saturated rings. The van der Waals surface area contributed by atoms with Gasteiger partial charge in [0.05, 0.1) is 44.0 Å². The van der Waals surface area contributed by atoms with Gasteiger partial charge in [-0.15, -0.1) is 0 Å². The summed E-state index contributed by atoms with van der Waals surface area (Å²) in [7, 11) is 0. The quantitative estimate of drug-likeness (QED) is 0.166. The third kappa shape index (κ3) is 10.2. The van der Waals surface area contributed by atoms with Crippen molar-refractivity contribution < 1.29 is 28.6 Å². The van der Waals surface area contributed by atoms with Crippen LogP contribution in [0.5, 0.6) is 5.75 Å². The molecule has 3 aromatic rings. The van der Waals surface area contributed by atoms with Crippen LogP contribution in [0.2, 0.25) is 5.02 Å². The van der Waals surface area contributed by atoms with Crippen LogP contribution < -0.4 is 15.4 Å². The molecule has 0 atom stereocenters. The number of carbonyl (C=O) groups is 3. The van der Waals surface area contributed by atoms with Crippen molar-refractivity contribution in [2.75, 3.05) is 50.1 Å². The van der Waals surface area contributed by atoms with E-state index in [9.17, 15) is 14.4 Å². The number of hydrogen-bond acceptors (Lipinski definition) is 10. The highest BCUT2D eigenvalue weighted by molar-refractivity contribution is 6.30. The van der Waals surface area contributed by atoms with E-state index < -0.39 is 11.9 Å². The summed E-state index contributed by atoms with van der Waals surface area (Å²) in [4.78, 5) is 47.4. The molecule has 0 aliphatic heterocycles. The number of amides is 1. The van der Waals surface area contributed by atoms with E-state index in [4.69, 9.17) is 25.8 Å². The standard InChI is InChI=1S/C31H36ClN5O6/c1-3-41-29(39)12-14-37(18-30(40)42-4-2)13-6-9-28(38)36-26-16-24-25(17-27(26)43-19-21-10-11-21)33-20-34-31(24)35-23-8-5-7-22(32)15-23/h5-9,15-17,20-21H,3-4,10-14,18-19H2,1-2H3,(H,36,38)(H,33,34,35). The number of fused-ring (bicyclic) bond motifs is 1. The van der Waals surface area contributed by atoms with Crippen molar-refractivity contribution in [3.05, 3.63) is 59.9 Å². The number of nitrogens with zero attached hydrogens (tertiary/aromatic N) is 3. The van der Waals surface area contributed by atoms with E-state index in [0.29, 0.717) is 45.7 Å². The Hall–Kier alpha value is -4.22. The van der Waals surface area contributed by atoms with Crippen molar-refractivity contribution in [3.63, 3.8) is 0 Å². The van der Waals surface area contributed by atoms with Crippen LogP contribution >= 0.6 is 11.6 Å². The average Bonchev–Trinajstić information content (AvgIpc) is 3.80. The summed E-state index contributed by atoms with van der Waals surface area (Å²) in [5, 5.41) is 7.44. The fraction of sp³-hybridized carbons (Fsp3) is 0.387. The molecule has 43 heavy (non-hydrogen) atoms. The van der Waals surface area contributed by atoms with Gasteiger partial charge in [-0.1, -0.05) is 23.7 Å². The lowest BCUT2D eigenvalue weighted by molar-refractivity contribution is -0.147. The molecule has 0 unspecified atom stereocenters. The van der Waals surface area contributed by atoms with Crippen molar-refractivity contribution in [2.45, 2.75) is 33.1 Å². The van der Waals surface area contributed by atoms with E-state index in [-0.39, 0.29) is 45.2 Å². The minimum atomic E-state index is -0.415. The van der Waals surface area contributed by atoms with Gasteiger partial charge in [-0.25, -0.2) is 9.97 Å². The number of benzene rings is 2. The maximum Gasteiger partial charge on any atom is 0.320 e. The van der Waals surface area contributed by atoms with Crippen molar-refractivity contribution >= 4 is 57.5 Å². The van der Waals surface area contributed by atoms with Crippen LogP contribution in [0.25, 0.3) is 10.9 Å². The first kappa shape index (κ1) is 31.7. The summed E-state index contributed by atoms with van der Waals surface area (Å²) in [6.07, 6.45) is 6.81. The number of rotatable bonds is 16. The zero-order valence-corrected chi connectivity index (χ0v) is 25.1. The second-order valence-corrected chi connectivity index (χ2v) is 10.4. The second-order valence-electron chi connectivity index (χ2n) is 9.96. The van der Waals surface area contributed by atoms with Crippen LogP contribution in [0, 0.1) is 5.92 Å². The smallest absolute Gasteiger partial charge is 0.320 e. The molecule has 0 bridgehead atoms. The molecule has 0 saturated heterocycles. The molecule has 1 aliphatic rings. The van der Waals surface area contributed by atoms with Gasteiger partial charge in [-0.05, 0) is 56.9 Å². The number of ether oxygens (including phenoxy) is 3. The molecule has 1 aromatic heterocycles. The molecular formula is C31H36ClN5O6. The molecular weight excluding hydrogens is 574 g/mol. The van der Waals surface area contributed by atoms with E-state index in [1.165, 1.54) is 12.4 Å². The number of esters is 2. The van der Waals surface area contributed by atoms with Gasteiger partial charge < -0.3 is 24.8 Å². The number of aromatic nitrogens is 2. The molecule has 2 aromatic carbocycles. The van der Waals surface area contributed by atoms with E-state index in [1.54, 1.807) is 49.1 Å². The maximum atomic E-state index is 13.0. The molecule has 1 aliphatic carbocycles. The minimum absolute atomic E-state index is 0.0224. The van der Waals surface area contributed by atoms with Gasteiger partial charge in [-0.2, -0.15) is 0 Å². The largest absolute Gasteiger partial charge is 0.491 e. The van der Waals surface area contributed by atoms with E-state index >= 15 is 0 Å². The molecule has 11 nitrogen and oxygen atoms in total. The Balaban J connectivity index is 1.50. The third-order valence-corrected chi connectivity index (χ3v) is 6.72. The number of anilines is 3. The zero-order chi connectivity index (χ0) is 30.6. The van der Waals surface area contributed by atoms with Crippen LogP contribution in [0.1, 0.15) is 33.1 Å². The Labute approximate surface area is 255 Å². The number of carbonyl (C=O) groups excluding carboxylic acids is 3. The molecule has 2 N–H and O–H groups in total. The molecule has 0 radical (unpaired) electrons. The van der Waals surface area contributed by atoms with E-state index in [1.807, 2.05) is 12.1 Å². The Bertz CT molecular complexity index is 1460. The summed E-state index contributed by atoms with van der Waals surface area (Å²) < 4.78 is 16.1. The van der Waals surface area contributed by atoms with Crippen LogP contribution in [0.3, 0.4) is 0 Å². The Morgan fingerprint density at radius 3 is 2.60 bits per heavy atom. The predicted molar refractivity (Wildman–Crippen MR) is 165 cm³/mol. The summed E-state index contributed by atoms with van der Waals surface area (Å²) in [6, 6.07) is 10.8. The highest BCUT2D eigenvalue weighted by atomic mass is 35.5. The lowest BCUT2D eigenvalue weighted by atomic mass is 10.1. The maximum absolute atomic E-state index is 13.0. The van der Waals surface area contributed by atoms with Gasteiger partial charge >= 0.3 is 11.9 Å². The molecule has 1 saturated carbocycles. The first-order valence-electron chi connectivity index (χ1n) is 14.3. The molecule has 0 spiro atoms. The molecule has 1 heterocycles. The topological polar surface area (TPSA) is 132 Å². The van der Waals surface area contributed by atoms with Crippen molar-refractivity contribution in [1.82, 2.24) is 14.9 Å². The van der Waals surface area contributed by atoms with Gasteiger partial charge in [0.2, 0.25) is 5.91 Å². The molecule has 228 valence electrons. The lowest BCUT2D eigenvalue weighted by Crippen LogP contribution is -2.33. The first-order chi connectivity index (χ1) is 20.8. The van der Waals surface area contributed by atoms with Gasteiger partial charge in [0.1, 0.15) is 17.9 Å². The van der Waals surface area contributed by atoms with E-state index in [2.05, 4.69) is 20.6 Å². The molecule has 4 rings (SSSR count). The van der Waals surface area contributed by atoms with Gasteiger partial charge in [0.25, 0.3) is 0 Å². The van der Waals surface area contributed by atoms with Crippen LogP contribution in [0.15, 0.2) is 54.9 Å². The third-order valence-electron chi connectivity index (χ3n) is 6.48. The SMILES string of the molecule is CCOC(=O)CCN(CC=CC(=O)Nc1cc2c(Nc3cccc(Cl)c3)ncnc2cc1OCC1CC1)CC(=O)OCC. The number of halogens is 1. The lowest BCUT2D eigenvalue weighted by Gasteiger charge is -2.19. The minimum Gasteiger partial charge on any atom is -0.491 e. The van der Waals surface area contributed by atoms with Gasteiger partial charge in [0, 0.05) is 41.3 Å². The van der Waals surface area contributed by atoms with Gasteiger partial charge in [-0.3, -0.25) is 19.3 Å². The number of nitrogens with one attached hydrogen (secondary N) is 2. The average molecular weight is 610 g/mol. The Morgan fingerprint density at radius 2 is 1.86 bits per heavy atom. The summed E-state index contributed by atoms with van der Waals surface area (Å²) in [5.74, 6) is 0.390. The monoisotopic (exact) mass is 609 g/mol. The van der Waals surface area contributed by atoms with Crippen molar-refractivity contribution in [2.24, 2.45) is 5.92 Å². The Morgan fingerprint density at radius 1 is 1.07 bits per heavy atom. The van der Waals surface area contributed by atoms with Crippen LogP contribution in [-0.4, -0.2) is 72.2 Å². The van der Waals surface area contributed by atoms with Crippen LogP contribution in [0.4, 0.5) is 17.2 Å². The van der Waals surface area contributed by atoms with Crippen LogP contribution in [-0.2, 0) is 23.9 Å². The predicted octanol–water partition coefficient (Wildman–Crippen LogP) is 5.13. The summed E-state index contributed by atoms with van der Waals surface area (Å²) >= 11 is 6.15. The fourth-order valence-corrected chi connectivity index (χ4v) is 4.38. The second kappa shape index (κ2) is 15.9. The Kier molecular flexibility index (Phi) is 11.7. The summed E-state index contributed by atoms with van der Waals surface area (Å²) in [6.45, 7) is 5.03. The van der Waals surface area contributed by atoms with Crippen molar-refractivity contribution in [1.29, 1.82) is 0 Å².